The van der Waals surface area contributed by atoms with Gasteiger partial charge in [-0.2, -0.15) is 0 Å². The minimum Gasteiger partial charge on any atom is -0.464 e. The van der Waals surface area contributed by atoms with Crippen LogP contribution in [0.5, 0.6) is 0 Å². The summed E-state index contributed by atoms with van der Waals surface area (Å²) in [5.41, 5.74) is 2.31. The number of rotatable bonds is 13. The van der Waals surface area contributed by atoms with Gasteiger partial charge in [0.05, 0.1) is 18.8 Å². The molecule has 0 unspecified atom stereocenters. The maximum absolute atomic E-state index is 12.8. The van der Waals surface area contributed by atoms with Gasteiger partial charge in [0, 0.05) is 13.0 Å². The van der Waals surface area contributed by atoms with Crippen molar-refractivity contribution in [3.63, 3.8) is 0 Å². The summed E-state index contributed by atoms with van der Waals surface area (Å²) in [5.74, 6) is 5.66. The molecule has 0 heterocycles. The highest BCUT2D eigenvalue weighted by molar-refractivity contribution is 5.89. The van der Waals surface area contributed by atoms with Crippen LogP contribution in [-0.4, -0.2) is 36.2 Å². The van der Waals surface area contributed by atoms with E-state index in [9.17, 15) is 9.59 Å². The number of carbonyl (C=O) groups is 2. The first kappa shape index (κ1) is 24.6. The van der Waals surface area contributed by atoms with Crippen LogP contribution in [0.1, 0.15) is 61.0 Å². The van der Waals surface area contributed by atoms with Gasteiger partial charge in [0.1, 0.15) is 6.04 Å². The molecule has 168 valence electrons. The Morgan fingerprint density at radius 2 is 1.55 bits per heavy atom. The molecule has 2 N–H and O–H groups in total. The van der Waals surface area contributed by atoms with Crippen LogP contribution in [-0.2, 0) is 27.2 Å². The summed E-state index contributed by atoms with van der Waals surface area (Å²) in [7, 11) is 0. The standard InChI is InChI=1S/C25H34N2O4/c1-3-5-15-30-24(28)22-14-10-13-21(17-22)19-27(26)23(25(29)31-16-6-4-2)18-20-11-8-7-9-12-20/h7-14,17,23H,3-6,15-16,18-19,26H2,1-2H3/t23-/m0/s1. The second-order valence-electron chi connectivity index (χ2n) is 7.59. The molecule has 0 aliphatic rings. The molecule has 2 aromatic carbocycles. The fraction of sp³-hybridized carbons (Fsp3) is 0.440. The SMILES string of the molecule is CCCCOC(=O)c1cccc(CN(N)[C@@H](Cc2ccccc2)C(=O)OCCCC)c1. The van der Waals surface area contributed by atoms with Crippen LogP contribution in [0.3, 0.4) is 0 Å². The molecule has 0 radical (unpaired) electrons. The molecule has 0 saturated carbocycles. The van der Waals surface area contributed by atoms with Crippen LogP contribution in [0, 0.1) is 0 Å². The van der Waals surface area contributed by atoms with Crippen LogP contribution in [0.25, 0.3) is 0 Å². The molecular formula is C25H34N2O4. The molecule has 0 amide bonds. The Morgan fingerprint density at radius 3 is 2.23 bits per heavy atom. The van der Waals surface area contributed by atoms with E-state index in [1.807, 2.05) is 50.2 Å². The lowest BCUT2D eigenvalue weighted by molar-refractivity contribution is -0.150. The summed E-state index contributed by atoms with van der Waals surface area (Å²) in [5, 5.41) is 1.49. The van der Waals surface area contributed by atoms with Gasteiger partial charge in [0.15, 0.2) is 0 Å². The Hall–Kier alpha value is -2.70. The molecule has 0 aliphatic heterocycles. The molecule has 31 heavy (non-hydrogen) atoms. The highest BCUT2D eigenvalue weighted by Crippen LogP contribution is 2.14. The number of benzene rings is 2. The van der Waals surface area contributed by atoms with Gasteiger partial charge in [0.2, 0.25) is 0 Å². The van der Waals surface area contributed by atoms with Crippen LogP contribution < -0.4 is 5.84 Å². The molecule has 6 heteroatoms. The Morgan fingerprint density at radius 1 is 0.903 bits per heavy atom. The van der Waals surface area contributed by atoms with E-state index < -0.39 is 6.04 Å². The van der Waals surface area contributed by atoms with Crippen LogP contribution in [0.15, 0.2) is 54.6 Å². The molecule has 0 saturated heterocycles. The average Bonchev–Trinajstić information content (AvgIpc) is 2.78. The molecule has 0 fully saturated rings. The number of nitrogens with two attached hydrogens (primary N) is 1. The van der Waals surface area contributed by atoms with Crippen molar-refractivity contribution in [3.8, 4) is 0 Å². The highest BCUT2D eigenvalue weighted by atomic mass is 16.5. The lowest BCUT2D eigenvalue weighted by atomic mass is 10.0. The van der Waals surface area contributed by atoms with Gasteiger partial charge in [-0.15, -0.1) is 0 Å². The number of ether oxygens (including phenoxy) is 2. The molecule has 0 bridgehead atoms. The van der Waals surface area contributed by atoms with Crippen molar-refractivity contribution in [1.82, 2.24) is 5.01 Å². The van der Waals surface area contributed by atoms with Crippen molar-refractivity contribution in [2.24, 2.45) is 5.84 Å². The van der Waals surface area contributed by atoms with E-state index in [-0.39, 0.29) is 11.9 Å². The summed E-state index contributed by atoms with van der Waals surface area (Å²) >= 11 is 0. The minimum absolute atomic E-state index is 0.302. The van der Waals surface area contributed by atoms with E-state index in [2.05, 4.69) is 0 Å². The van der Waals surface area contributed by atoms with Gasteiger partial charge < -0.3 is 9.47 Å². The molecule has 0 spiro atoms. The maximum atomic E-state index is 12.8. The predicted octanol–water partition coefficient (Wildman–Crippen LogP) is 4.27. The first-order valence-electron chi connectivity index (χ1n) is 11.0. The van der Waals surface area contributed by atoms with Gasteiger partial charge >= 0.3 is 11.9 Å². The number of carbonyl (C=O) groups excluding carboxylic acids is 2. The Balaban J connectivity index is 2.09. The number of hydrogen-bond acceptors (Lipinski definition) is 6. The number of esters is 2. The summed E-state index contributed by atoms with van der Waals surface area (Å²) in [4.78, 5) is 25.0. The smallest absolute Gasteiger partial charge is 0.338 e. The van der Waals surface area contributed by atoms with E-state index in [0.29, 0.717) is 31.7 Å². The van der Waals surface area contributed by atoms with Crippen LogP contribution in [0.2, 0.25) is 0 Å². The average molecular weight is 427 g/mol. The predicted molar refractivity (Wildman–Crippen MR) is 121 cm³/mol. The van der Waals surface area contributed by atoms with Crippen molar-refractivity contribution >= 4 is 11.9 Å². The number of nitrogens with zero attached hydrogens (tertiary/aromatic N) is 1. The summed E-state index contributed by atoms with van der Waals surface area (Å²) in [6.45, 7) is 5.18. The fourth-order valence-electron chi connectivity index (χ4n) is 3.10. The summed E-state index contributed by atoms with van der Waals surface area (Å²) in [6.07, 6.45) is 4.01. The van der Waals surface area contributed by atoms with Crippen molar-refractivity contribution in [2.45, 2.75) is 58.5 Å². The molecule has 0 aliphatic carbocycles. The third kappa shape index (κ3) is 8.52. The molecule has 2 aromatic rings. The van der Waals surface area contributed by atoms with E-state index in [1.165, 1.54) is 5.01 Å². The third-order valence-corrected chi connectivity index (χ3v) is 4.95. The zero-order valence-corrected chi connectivity index (χ0v) is 18.6. The topological polar surface area (TPSA) is 81.9 Å². The van der Waals surface area contributed by atoms with E-state index in [1.54, 1.807) is 18.2 Å². The monoisotopic (exact) mass is 426 g/mol. The summed E-state index contributed by atoms with van der Waals surface area (Å²) in [6, 6.07) is 16.3. The lowest BCUT2D eigenvalue weighted by Gasteiger charge is -2.26. The third-order valence-electron chi connectivity index (χ3n) is 4.95. The number of hydrogen-bond donors (Lipinski definition) is 1. The normalized spacial score (nSPS) is 11.9. The zero-order valence-electron chi connectivity index (χ0n) is 18.6. The lowest BCUT2D eigenvalue weighted by Crippen LogP contribution is -2.47. The number of unbranched alkanes of at least 4 members (excludes halogenated alkanes) is 2. The van der Waals surface area contributed by atoms with E-state index in [0.717, 1.165) is 36.8 Å². The molecule has 1 atom stereocenters. The van der Waals surface area contributed by atoms with Crippen LogP contribution >= 0.6 is 0 Å². The fourth-order valence-corrected chi connectivity index (χ4v) is 3.10. The second-order valence-corrected chi connectivity index (χ2v) is 7.59. The Bertz CT molecular complexity index is 810. The Labute approximate surface area is 185 Å². The van der Waals surface area contributed by atoms with Gasteiger partial charge in [-0.3, -0.25) is 10.6 Å². The largest absolute Gasteiger partial charge is 0.464 e. The Kier molecular flexibility index (Phi) is 10.8. The first-order valence-corrected chi connectivity index (χ1v) is 11.0. The van der Waals surface area contributed by atoms with E-state index >= 15 is 0 Å². The quantitative estimate of drug-likeness (QED) is 0.223. The molecule has 6 nitrogen and oxygen atoms in total. The van der Waals surface area contributed by atoms with Gasteiger partial charge in [-0.05, 0) is 36.1 Å². The molecular weight excluding hydrogens is 392 g/mol. The van der Waals surface area contributed by atoms with Gasteiger partial charge in [-0.1, -0.05) is 69.2 Å². The number of hydrazine groups is 1. The van der Waals surface area contributed by atoms with Crippen molar-refractivity contribution in [2.75, 3.05) is 13.2 Å². The van der Waals surface area contributed by atoms with Gasteiger partial charge in [0.25, 0.3) is 0 Å². The maximum Gasteiger partial charge on any atom is 0.338 e. The van der Waals surface area contributed by atoms with E-state index in [4.69, 9.17) is 15.3 Å². The zero-order chi connectivity index (χ0) is 22.5. The van der Waals surface area contributed by atoms with Crippen molar-refractivity contribution in [3.05, 3.63) is 71.3 Å². The van der Waals surface area contributed by atoms with Crippen molar-refractivity contribution in [1.29, 1.82) is 0 Å². The minimum atomic E-state index is -0.626. The summed E-state index contributed by atoms with van der Waals surface area (Å²) < 4.78 is 10.7. The second kappa shape index (κ2) is 13.6. The van der Waals surface area contributed by atoms with Gasteiger partial charge in [-0.25, -0.2) is 9.80 Å². The molecule has 2 rings (SSSR count). The van der Waals surface area contributed by atoms with Crippen molar-refractivity contribution < 1.29 is 19.1 Å². The first-order chi connectivity index (χ1) is 15.0. The highest BCUT2D eigenvalue weighted by Gasteiger charge is 2.26. The molecule has 0 aromatic heterocycles. The van der Waals surface area contributed by atoms with Crippen LogP contribution in [0.4, 0.5) is 0 Å².